The Labute approximate surface area is 91.6 Å². The molecule has 0 aromatic rings. The molecule has 0 radical (unpaired) electrons. The lowest BCUT2D eigenvalue weighted by molar-refractivity contribution is -0.113. The molecule has 1 N–H and O–H groups in total. The van der Waals surface area contributed by atoms with Crippen molar-refractivity contribution in [1.82, 2.24) is 0 Å². The summed E-state index contributed by atoms with van der Waals surface area (Å²) in [5.41, 5.74) is 0.800. The molecule has 2 heteroatoms. The molecule has 2 atom stereocenters. The third kappa shape index (κ3) is 3.15. The van der Waals surface area contributed by atoms with Gasteiger partial charge in [-0.15, -0.1) is 0 Å². The number of carbonyl (C=O) groups excluding carboxylic acids is 1. The van der Waals surface area contributed by atoms with Gasteiger partial charge in [0.05, 0.1) is 0 Å². The van der Waals surface area contributed by atoms with Crippen LogP contribution in [-0.4, -0.2) is 12.0 Å². The number of carbonyl (C=O) groups is 1. The average Bonchev–Trinajstić information content (AvgIpc) is 2.25. The first kappa shape index (κ1) is 11.9. The van der Waals surface area contributed by atoms with Gasteiger partial charge in [-0.3, -0.25) is 4.79 Å². The minimum atomic E-state index is 0.121. The predicted molar refractivity (Wildman–Crippen MR) is 63.2 cm³/mol. The number of rotatable bonds is 5. The van der Waals surface area contributed by atoms with Crippen molar-refractivity contribution in [2.75, 3.05) is 0 Å². The summed E-state index contributed by atoms with van der Waals surface area (Å²) in [4.78, 5) is 11.2. The number of Topliss-reactive ketones (excluding diaryl/α,β-unsaturated/α-hetero) is 1. The maximum Gasteiger partial charge on any atom is 0.159 e. The summed E-state index contributed by atoms with van der Waals surface area (Å²) in [6.45, 7) is 3.76. The lowest BCUT2D eigenvalue weighted by atomic mass is 9.82. The van der Waals surface area contributed by atoms with Gasteiger partial charge in [-0.1, -0.05) is 38.0 Å². The highest BCUT2D eigenvalue weighted by Gasteiger charge is 2.19. The molecule has 0 aliphatic heterocycles. The molecule has 2 unspecified atom stereocenters. The molecular formula is C13H19NO. The molecule has 1 aliphatic rings. The second-order valence-corrected chi connectivity index (χ2v) is 4.09. The first-order valence-corrected chi connectivity index (χ1v) is 5.60. The van der Waals surface area contributed by atoms with Crippen LogP contribution >= 0.6 is 0 Å². The van der Waals surface area contributed by atoms with Gasteiger partial charge in [0.25, 0.3) is 0 Å². The predicted octanol–water partition coefficient (Wildman–Crippen LogP) is 3.14. The number of ketones is 1. The monoisotopic (exact) mass is 205 g/mol. The zero-order chi connectivity index (χ0) is 11.3. The van der Waals surface area contributed by atoms with Gasteiger partial charge in [-0.05, 0) is 19.3 Å². The van der Waals surface area contributed by atoms with E-state index in [2.05, 4.69) is 6.92 Å². The van der Waals surface area contributed by atoms with E-state index >= 15 is 0 Å². The maximum atomic E-state index is 11.2. The second-order valence-electron chi connectivity index (χ2n) is 4.09. The largest absolute Gasteiger partial charge is 0.312 e. The molecule has 0 saturated carbocycles. The van der Waals surface area contributed by atoms with Crippen molar-refractivity contribution >= 4 is 12.0 Å². The van der Waals surface area contributed by atoms with Crippen LogP contribution in [0.1, 0.15) is 33.1 Å². The first-order valence-electron chi connectivity index (χ1n) is 5.60. The lowest BCUT2D eigenvalue weighted by Gasteiger charge is -2.22. The van der Waals surface area contributed by atoms with Gasteiger partial charge in [0, 0.05) is 17.7 Å². The molecular weight excluding hydrogens is 186 g/mol. The Morgan fingerprint density at radius 3 is 2.87 bits per heavy atom. The summed E-state index contributed by atoms with van der Waals surface area (Å²) in [5.74, 6) is 0.641. The molecule has 1 aliphatic carbocycles. The van der Waals surface area contributed by atoms with Crippen molar-refractivity contribution in [3.05, 3.63) is 23.8 Å². The number of nitrogens with one attached hydrogen (secondary N) is 1. The van der Waals surface area contributed by atoms with Crippen molar-refractivity contribution in [3.8, 4) is 0 Å². The Morgan fingerprint density at radius 1 is 1.60 bits per heavy atom. The lowest BCUT2D eigenvalue weighted by Crippen LogP contribution is -2.16. The Balaban J connectivity index is 2.74. The third-order valence-corrected chi connectivity index (χ3v) is 2.88. The van der Waals surface area contributed by atoms with Crippen molar-refractivity contribution in [2.24, 2.45) is 11.8 Å². The van der Waals surface area contributed by atoms with E-state index in [-0.39, 0.29) is 11.7 Å². The van der Waals surface area contributed by atoms with Crippen LogP contribution in [0.5, 0.6) is 0 Å². The Bertz CT molecular complexity index is 302. The summed E-state index contributed by atoms with van der Waals surface area (Å²) in [6.07, 6.45) is 10.7. The van der Waals surface area contributed by atoms with Gasteiger partial charge in [-0.2, -0.15) is 0 Å². The van der Waals surface area contributed by atoms with E-state index < -0.39 is 0 Å². The molecule has 0 aromatic carbocycles. The molecule has 0 saturated heterocycles. The summed E-state index contributed by atoms with van der Waals surface area (Å²) in [7, 11) is 0. The minimum absolute atomic E-state index is 0.121. The molecule has 0 spiro atoms. The zero-order valence-electron chi connectivity index (χ0n) is 9.49. The van der Waals surface area contributed by atoms with E-state index in [1.54, 1.807) is 6.92 Å². The van der Waals surface area contributed by atoms with Crippen LogP contribution in [0, 0.1) is 17.2 Å². The quantitative estimate of drug-likeness (QED) is 0.688. The Hall–Kier alpha value is -1.18. The van der Waals surface area contributed by atoms with Gasteiger partial charge < -0.3 is 5.41 Å². The number of hydrogen-bond donors (Lipinski definition) is 1. The Morgan fingerprint density at radius 2 is 2.33 bits per heavy atom. The van der Waals surface area contributed by atoms with Gasteiger partial charge >= 0.3 is 0 Å². The number of allylic oxidation sites excluding steroid dienone is 4. The highest BCUT2D eigenvalue weighted by Crippen LogP contribution is 2.26. The summed E-state index contributed by atoms with van der Waals surface area (Å²) in [5, 5.41) is 7.35. The fourth-order valence-electron chi connectivity index (χ4n) is 1.88. The van der Waals surface area contributed by atoms with Crippen molar-refractivity contribution < 1.29 is 4.79 Å². The van der Waals surface area contributed by atoms with Gasteiger partial charge in [0.2, 0.25) is 0 Å². The Kier molecular flexibility index (Phi) is 4.47. The molecule has 0 bridgehead atoms. The van der Waals surface area contributed by atoms with Crippen molar-refractivity contribution in [3.63, 3.8) is 0 Å². The molecule has 2 nitrogen and oxygen atoms in total. The smallest absolute Gasteiger partial charge is 0.159 e. The SMILES string of the molecule is CCCCC1C=C(C(C)=O)C=CC1C=N. The van der Waals surface area contributed by atoms with Crippen LogP contribution in [0.15, 0.2) is 23.8 Å². The van der Waals surface area contributed by atoms with Crippen molar-refractivity contribution in [2.45, 2.75) is 33.1 Å². The highest BCUT2D eigenvalue weighted by atomic mass is 16.1. The van der Waals surface area contributed by atoms with Gasteiger partial charge in [0.15, 0.2) is 5.78 Å². The van der Waals surface area contributed by atoms with E-state index in [9.17, 15) is 4.79 Å². The average molecular weight is 205 g/mol. The fraction of sp³-hybridized carbons (Fsp3) is 0.538. The fourth-order valence-corrected chi connectivity index (χ4v) is 1.88. The summed E-state index contributed by atoms with van der Waals surface area (Å²) >= 11 is 0. The first-order chi connectivity index (χ1) is 7.19. The van der Waals surface area contributed by atoms with Crippen LogP contribution in [0.25, 0.3) is 0 Å². The number of unbranched alkanes of at least 4 members (excludes halogenated alkanes) is 1. The minimum Gasteiger partial charge on any atom is -0.312 e. The van der Waals surface area contributed by atoms with Crippen LogP contribution < -0.4 is 0 Å². The van der Waals surface area contributed by atoms with E-state index in [0.717, 1.165) is 24.8 Å². The van der Waals surface area contributed by atoms with E-state index in [1.807, 2.05) is 18.2 Å². The van der Waals surface area contributed by atoms with Gasteiger partial charge in [-0.25, -0.2) is 0 Å². The van der Waals surface area contributed by atoms with Crippen molar-refractivity contribution in [1.29, 1.82) is 5.41 Å². The maximum absolute atomic E-state index is 11.2. The molecule has 1 rings (SSSR count). The van der Waals surface area contributed by atoms with Crippen LogP contribution in [0.2, 0.25) is 0 Å². The summed E-state index contributed by atoms with van der Waals surface area (Å²) in [6, 6.07) is 0. The normalized spacial score (nSPS) is 24.8. The van der Waals surface area contributed by atoms with Crippen LogP contribution in [0.4, 0.5) is 0 Å². The topological polar surface area (TPSA) is 40.9 Å². The molecule has 0 aromatic heterocycles. The van der Waals surface area contributed by atoms with Gasteiger partial charge in [0.1, 0.15) is 0 Å². The number of hydrogen-bond acceptors (Lipinski definition) is 2. The molecule has 0 heterocycles. The molecule has 15 heavy (non-hydrogen) atoms. The second kappa shape index (κ2) is 5.64. The zero-order valence-corrected chi connectivity index (χ0v) is 9.49. The molecule has 82 valence electrons. The molecule has 0 amide bonds. The molecule has 0 fully saturated rings. The van der Waals surface area contributed by atoms with E-state index in [1.165, 1.54) is 6.21 Å². The third-order valence-electron chi connectivity index (χ3n) is 2.88. The van der Waals surface area contributed by atoms with E-state index in [4.69, 9.17) is 5.41 Å². The van der Waals surface area contributed by atoms with Crippen LogP contribution in [-0.2, 0) is 4.79 Å². The van der Waals surface area contributed by atoms with E-state index in [0.29, 0.717) is 5.92 Å². The summed E-state index contributed by atoms with van der Waals surface area (Å²) < 4.78 is 0. The highest BCUT2D eigenvalue weighted by molar-refractivity contribution is 5.96. The standard InChI is InChI=1S/C13H19NO/c1-3-4-5-12-8-11(10(2)15)6-7-13(12)9-14/h6-9,12-14H,3-5H2,1-2H3. The van der Waals surface area contributed by atoms with Crippen LogP contribution in [0.3, 0.4) is 0 Å².